The predicted octanol–water partition coefficient (Wildman–Crippen LogP) is 3.25. The minimum absolute atomic E-state index is 0.0753. The molecule has 1 aromatic carbocycles. The lowest BCUT2D eigenvalue weighted by Gasteiger charge is -2.26. The van der Waals surface area contributed by atoms with Crippen LogP contribution in [0.5, 0.6) is 0 Å². The summed E-state index contributed by atoms with van der Waals surface area (Å²) in [6.45, 7) is 1.78. The summed E-state index contributed by atoms with van der Waals surface area (Å²) in [5.41, 5.74) is 1.54. The fourth-order valence-corrected chi connectivity index (χ4v) is 2.73. The number of aromatic nitrogens is 1. The van der Waals surface area contributed by atoms with Gasteiger partial charge in [-0.15, -0.1) is 0 Å². The van der Waals surface area contributed by atoms with E-state index in [-0.39, 0.29) is 5.92 Å². The molecular formula is C15H17FN2. The number of nitrogens with zero attached hydrogens (tertiary/aromatic N) is 1. The summed E-state index contributed by atoms with van der Waals surface area (Å²) in [4.78, 5) is 4.34. The lowest BCUT2D eigenvalue weighted by molar-refractivity contribution is 0.196. The highest BCUT2D eigenvalue weighted by Crippen LogP contribution is 2.33. The average molecular weight is 244 g/mol. The molecule has 0 aliphatic carbocycles. The van der Waals surface area contributed by atoms with E-state index in [1.165, 1.54) is 0 Å². The molecule has 2 nitrogen and oxygen atoms in total. The highest BCUT2D eigenvalue weighted by Gasteiger charge is 2.26. The first kappa shape index (κ1) is 11.6. The molecule has 2 unspecified atom stereocenters. The molecule has 3 heteroatoms. The van der Waals surface area contributed by atoms with Gasteiger partial charge in [-0.3, -0.25) is 4.98 Å². The number of rotatable bonds is 2. The molecule has 1 aliphatic rings. The quantitative estimate of drug-likeness (QED) is 0.877. The van der Waals surface area contributed by atoms with Crippen LogP contribution in [0.15, 0.2) is 36.5 Å². The van der Waals surface area contributed by atoms with E-state index in [9.17, 15) is 4.39 Å². The van der Waals surface area contributed by atoms with Crippen molar-refractivity contribution in [2.24, 2.45) is 5.92 Å². The number of alkyl halides is 1. The Morgan fingerprint density at radius 2 is 2.17 bits per heavy atom. The number of fused-ring (bicyclic) bond motifs is 1. The SMILES string of the molecule is FC(c1cccc2cccnc12)C1CCCNC1. The standard InChI is InChI=1S/C15H17FN2/c16-14(12-6-2-8-17-10-12)13-7-1-4-11-5-3-9-18-15(11)13/h1,3-5,7,9,12,14,17H,2,6,8,10H2. The smallest absolute Gasteiger partial charge is 0.131 e. The second-order valence-electron chi connectivity index (χ2n) is 4.93. The topological polar surface area (TPSA) is 24.9 Å². The summed E-state index contributed by atoms with van der Waals surface area (Å²) in [7, 11) is 0. The largest absolute Gasteiger partial charge is 0.316 e. The number of nitrogens with one attached hydrogen (secondary N) is 1. The van der Waals surface area contributed by atoms with Crippen LogP contribution in [0.3, 0.4) is 0 Å². The van der Waals surface area contributed by atoms with Crippen molar-refractivity contribution in [1.29, 1.82) is 0 Å². The Morgan fingerprint density at radius 1 is 1.28 bits per heavy atom. The molecule has 0 radical (unpaired) electrons. The maximum absolute atomic E-state index is 14.7. The molecule has 18 heavy (non-hydrogen) atoms. The van der Waals surface area contributed by atoms with Gasteiger partial charge in [0.25, 0.3) is 0 Å². The van der Waals surface area contributed by atoms with Gasteiger partial charge in [-0.05, 0) is 25.5 Å². The van der Waals surface area contributed by atoms with Gasteiger partial charge in [-0.25, -0.2) is 4.39 Å². The molecule has 1 fully saturated rings. The van der Waals surface area contributed by atoms with Crippen LogP contribution in [-0.4, -0.2) is 18.1 Å². The van der Waals surface area contributed by atoms with E-state index in [2.05, 4.69) is 10.3 Å². The number of benzene rings is 1. The van der Waals surface area contributed by atoms with E-state index < -0.39 is 6.17 Å². The molecule has 1 saturated heterocycles. The van der Waals surface area contributed by atoms with Gasteiger partial charge in [-0.2, -0.15) is 0 Å². The Balaban J connectivity index is 1.97. The summed E-state index contributed by atoms with van der Waals surface area (Å²) in [5, 5.41) is 4.29. The first-order valence-electron chi connectivity index (χ1n) is 6.54. The highest BCUT2D eigenvalue weighted by molar-refractivity contribution is 5.81. The van der Waals surface area contributed by atoms with E-state index in [1.807, 2.05) is 30.3 Å². The van der Waals surface area contributed by atoms with Crippen LogP contribution in [0.2, 0.25) is 0 Å². The first-order chi connectivity index (χ1) is 8.86. The fraction of sp³-hybridized carbons (Fsp3) is 0.400. The Labute approximate surface area is 106 Å². The molecule has 1 aliphatic heterocycles. The van der Waals surface area contributed by atoms with Crippen molar-refractivity contribution < 1.29 is 4.39 Å². The maximum atomic E-state index is 14.7. The Bertz CT molecular complexity index is 530. The third kappa shape index (κ3) is 2.10. The van der Waals surface area contributed by atoms with Gasteiger partial charge >= 0.3 is 0 Å². The summed E-state index contributed by atoms with van der Waals surface area (Å²) in [6, 6.07) is 9.65. The van der Waals surface area contributed by atoms with Crippen molar-refractivity contribution in [1.82, 2.24) is 10.3 Å². The zero-order valence-corrected chi connectivity index (χ0v) is 10.3. The summed E-state index contributed by atoms with van der Waals surface area (Å²) < 4.78 is 14.7. The fourth-order valence-electron chi connectivity index (χ4n) is 2.73. The maximum Gasteiger partial charge on any atom is 0.131 e. The third-order valence-corrected chi connectivity index (χ3v) is 3.71. The summed E-state index contributed by atoms with van der Waals surface area (Å²) in [6.07, 6.45) is 2.83. The lowest BCUT2D eigenvalue weighted by Crippen LogP contribution is -2.32. The molecule has 0 spiro atoms. The van der Waals surface area contributed by atoms with E-state index in [4.69, 9.17) is 0 Å². The van der Waals surface area contributed by atoms with E-state index in [0.29, 0.717) is 0 Å². The molecule has 0 bridgehead atoms. The number of hydrogen-bond donors (Lipinski definition) is 1. The van der Waals surface area contributed by atoms with Crippen LogP contribution >= 0.6 is 0 Å². The van der Waals surface area contributed by atoms with Crippen LogP contribution in [0.1, 0.15) is 24.6 Å². The molecule has 94 valence electrons. The van der Waals surface area contributed by atoms with E-state index in [1.54, 1.807) is 6.20 Å². The number of piperidine rings is 1. The second-order valence-corrected chi connectivity index (χ2v) is 4.93. The van der Waals surface area contributed by atoms with Crippen molar-refractivity contribution in [2.75, 3.05) is 13.1 Å². The van der Waals surface area contributed by atoms with E-state index >= 15 is 0 Å². The minimum Gasteiger partial charge on any atom is -0.316 e. The molecule has 3 rings (SSSR count). The number of pyridine rings is 1. The average Bonchev–Trinajstić information content (AvgIpc) is 2.47. The van der Waals surface area contributed by atoms with Gasteiger partial charge in [0.05, 0.1) is 5.52 Å². The molecule has 0 saturated carbocycles. The third-order valence-electron chi connectivity index (χ3n) is 3.71. The summed E-state index contributed by atoms with van der Waals surface area (Å²) in [5.74, 6) is 0.0753. The zero-order valence-electron chi connectivity index (χ0n) is 10.3. The molecule has 1 N–H and O–H groups in total. The van der Waals surface area contributed by atoms with Crippen LogP contribution in [0.4, 0.5) is 4.39 Å². The zero-order chi connectivity index (χ0) is 12.4. The van der Waals surface area contributed by atoms with Crippen molar-refractivity contribution in [3.05, 3.63) is 42.1 Å². The van der Waals surface area contributed by atoms with Crippen molar-refractivity contribution in [3.8, 4) is 0 Å². The van der Waals surface area contributed by atoms with Crippen LogP contribution in [-0.2, 0) is 0 Å². The monoisotopic (exact) mass is 244 g/mol. The van der Waals surface area contributed by atoms with Gasteiger partial charge in [0.2, 0.25) is 0 Å². The molecule has 1 aromatic heterocycles. The van der Waals surface area contributed by atoms with Gasteiger partial charge in [-0.1, -0.05) is 24.3 Å². The van der Waals surface area contributed by atoms with Crippen molar-refractivity contribution in [2.45, 2.75) is 19.0 Å². The molecule has 0 amide bonds. The van der Waals surface area contributed by atoms with Gasteiger partial charge in [0.15, 0.2) is 0 Å². The van der Waals surface area contributed by atoms with Crippen molar-refractivity contribution >= 4 is 10.9 Å². The Kier molecular flexibility index (Phi) is 3.24. The normalized spacial score (nSPS) is 21.9. The predicted molar refractivity (Wildman–Crippen MR) is 71.2 cm³/mol. The van der Waals surface area contributed by atoms with Crippen LogP contribution in [0, 0.1) is 5.92 Å². The number of para-hydroxylation sites is 1. The Morgan fingerprint density at radius 3 is 3.00 bits per heavy atom. The molecular weight excluding hydrogens is 227 g/mol. The summed E-state index contributed by atoms with van der Waals surface area (Å²) >= 11 is 0. The van der Waals surface area contributed by atoms with Crippen LogP contribution < -0.4 is 5.32 Å². The number of hydrogen-bond acceptors (Lipinski definition) is 2. The van der Waals surface area contributed by atoms with E-state index in [0.717, 1.165) is 42.4 Å². The first-order valence-corrected chi connectivity index (χ1v) is 6.54. The highest BCUT2D eigenvalue weighted by atomic mass is 19.1. The van der Waals surface area contributed by atoms with Gasteiger partial charge < -0.3 is 5.32 Å². The second kappa shape index (κ2) is 5.02. The lowest BCUT2D eigenvalue weighted by atomic mass is 9.89. The van der Waals surface area contributed by atoms with Crippen LogP contribution in [0.25, 0.3) is 10.9 Å². The number of halogens is 1. The molecule has 2 aromatic rings. The Hall–Kier alpha value is -1.48. The van der Waals surface area contributed by atoms with Crippen molar-refractivity contribution in [3.63, 3.8) is 0 Å². The van der Waals surface area contributed by atoms with Gasteiger partial charge in [0.1, 0.15) is 6.17 Å². The van der Waals surface area contributed by atoms with Gasteiger partial charge in [0, 0.05) is 29.6 Å². The minimum atomic E-state index is -0.920. The molecule has 2 atom stereocenters. The molecule has 2 heterocycles.